The van der Waals surface area contributed by atoms with Crippen LogP contribution in [-0.4, -0.2) is 38.2 Å². The number of halogens is 6. The maximum Gasteiger partial charge on any atom is 0.416 e. The first-order chi connectivity index (χ1) is 13.6. The van der Waals surface area contributed by atoms with Crippen molar-refractivity contribution in [1.82, 2.24) is 10.2 Å². The van der Waals surface area contributed by atoms with E-state index in [-0.39, 0.29) is 23.3 Å². The summed E-state index contributed by atoms with van der Waals surface area (Å²) in [5.41, 5.74) is -2.73. The Balaban J connectivity index is 2.19. The zero-order valence-electron chi connectivity index (χ0n) is 16.3. The molecule has 0 aromatic heterocycles. The summed E-state index contributed by atoms with van der Waals surface area (Å²) in [7, 11) is 1.13. The van der Waals surface area contributed by atoms with Crippen LogP contribution in [0.3, 0.4) is 0 Å². The van der Waals surface area contributed by atoms with E-state index in [0.717, 1.165) is 39.2 Å². The number of nitrogens with one attached hydrogen (secondary N) is 1. The number of benzene rings is 1. The van der Waals surface area contributed by atoms with E-state index in [1.165, 1.54) is 0 Å². The van der Waals surface area contributed by atoms with Gasteiger partial charge in [0, 0.05) is 37.8 Å². The molecule has 1 N–H and O–H groups in total. The predicted octanol–water partition coefficient (Wildman–Crippen LogP) is 5.26. The summed E-state index contributed by atoms with van der Waals surface area (Å²) in [5, 5.41) is 3.18. The van der Waals surface area contributed by atoms with E-state index in [9.17, 15) is 26.3 Å². The lowest BCUT2D eigenvalue weighted by Crippen LogP contribution is -2.47. The molecule has 1 saturated heterocycles. The maximum absolute atomic E-state index is 14.0. The molecule has 1 heterocycles. The Kier molecular flexibility index (Phi) is 6.67. The van der Waals surface area contributed by atoms with Crippen molar-refractivity contribution in [2.45, 2.75) is 50.5 Å². The number of piperazine rings is 1. The van der Waals surface area contributed by atoms with Gasteiger partial charge in [-0.15, -0.1) is 0 Å². The predicted molar refractivity (Wildman–Crippen MR) is 96.8 cm³/mol. The molecule has 0 bridgehead atoms. The van der Waals surface area contributed by atoms with Gasteiger partial charge in [0.25, 0.3) is 0 Å². The molecule has 0 unspecified atom stereocenters. The van der Waals surface area contributed by atoms with Crippen molar-refractivity contribution >= 4 is 0 Å². The number of ether oxygens (including phenoxy) is 1. The van der Waals surface area contributed by atoms with E-state index in [0.29, 0.717) is 32.2 Å². The fraction of sp³-hybridized carbons (Fsp3) is 0.700. The third-order valence-corrected chi connectivity index (χ3v) is 5.93. The highest BCUT2D eigenvalue weighted by Crippen LogP contribution is 2.49. The van der Waals surface area contributed by atoms with Crippen LogP contribution in [0.5, 0.6) is 5.75 Å². The molecule has 1 aromatic rings. The molecule has 0 amide bonds. The van der Waals surface area contributed by atoms with Crippen LogP contribution < -0.4 is 10.1 Å². The third kappa shape index (κ3) is 4.99. The second kappa shape index (κ2) is 8.71. The highest BCUT2D eigenvalue weighted by molar-refractivity contribution is 5.48. The molecule has 0 spiro atoms. The second-order valence-corrected chi connectivity index (χ2v) is 7.76. The van der Waals surface area contributed by atoms with Crippen molar-refractivity contribution in [2.24, 2.45) is 5.92 Å². The van der Waals surface area contributed by atoms with Gasteiger partial charge < -0.3 is 10.1 Å². The summed E-state index contributed by atoms with van der Waals surface area (Å²) in [6.07, 6.45) is -5.42. The van der Waals surface area contributed by atoms with Gasteiger partial charge in [0.2, 0.25) is 0 Å². The Hall–Kier alpha value is -1.48. The largest absolute Gasteiger partial charge is 0.496 e. The van der Waals surface area contributed by atoms with Gasteiger partial charge in [0.15, 0.2) is 0 Å². The summed E-state index contributed by atoms with van der Waals surface area (Å²) in [4.78, 5) is 1.98. The second-order valence-electron chi connectivity index (χ2n) is 7.76. The summed E-state index contributed by atoms with van der Waals surface area (Å²) < 4.78 is 86.9. The van der Waals surface area contributed by atoms with Crippen LogP contribution in [0, 0.1) is 5.92 Å². The molecule has 0 radical (unpaired) electrons. The minimum Gasteiger partial charge on any atom is -0.496 e. The molecule has 9 heteroatoms. The molecular weight excluding hydrogens is 398 g/mol. The summed E-state index contributed by atoms with van der Waals surface area (Å²) in [6.45, 7) is 2.35. The van der Waals surface area contributed by atoms with Gasteiger partial charge in [0.1, 0.15) is 5.75 Å². The van der Waals surface area contributed by atoms with Crippen molar-refractivity contribution in [1.29, 1.82) is 0 Å². The number of methoxy groups -OCH3 is 1. The molecule has 29 heavy (non-hydrogen) atoms. The SMILES string of the molecule is COc1cc(C(F)(F)F)cc(C(F)(F)F)c1[C@@H](C1CCCCC1)N1CCNCC1. The van der Waals surface area contributed by atoms with Crippen LogP contribution >= 0.6 is 0 Å². The maximum atomic E-state index is 14.0. The minimum absolute atomic E-state index is 0.0476. The Morgan fingerprint density at radius 2 is 1.59 bits per heavy atom. The lowest BCUT2D eigenvalue weighted by Gasteiger charge is -2.42. The molecule has 3 nitrogen and oxygen atoms in total. The van der Waals surface area contributed by atoms with Gasteiger partial charge in [-0.3, -0.25) is 4.90 Å². The lowest BCUT2D eigenvalue weighted by atomic mass is 9.78. The van der Waals surface area contributed by atoms with E-state index in [1.54, 1.807) is 0 Å². The van der Waals surface area contributed by atoms with Crippen molar-refractivity contribution < 1.29 is 31.1 Å². The van der Waals surface area contributed by atoms with Crippen molar-refractivity contribution in [3.8, 4) is 5.75 Å². The number of hydrogen-bond acceptors (Lipinski definition) is 3. The van der Waals surface area contributed by atoms with Gasteiger partial charge in [-0.05, 0) is 30.9 Å². The van der Waals surface area contributed by atoms with Crippen molar-refractivity contribution in [3.63, 3.8) is 0 Å². The summed E-state index contributed by atoms with van der Waals surface area (Å²) in [6, 6.07) is 0.338. The average molecular weight is 424 g/mol. The van der Waals surface area contributed by atoms with Gasteiger partial charge in [0.05, 0.1) is 18.2 Å². The van der Waals surface area contributed by atoms with Gasteiger partial charge in [-0.1, -0.05) is 19.3 Å². The van der Waals surface area contributed by atoms with E-state index < -0.39 is 29.5 Å². The first-order valence-electron chi connectivity index (χ1n) is 9.94. The molecule has 1 saturated carbocycles. The van der Waals surface area contributed by atoms with Crippen LogP contribution in [0.2, 0.25) is 0 Å². The van der Waals surface area contributed by atoms with Crippen molar-refractivity contribution in [2.75, 3.05) is 33.3 Å². The molecule has 3 rings (SSSR count). The number of nitrogens with zero attached hydrogens (tertiary/aromatic N) is 1. The van der Waals surface area contributed by atoms with Gasteiger partial charge in [-0.25, -0.2) is 0 Å². The first-order valence-corrected chi connectivity index (χ1v) is 9.94. The topological polar surface area (TPSA) is 24.5 Å². The Morgan fingerprint density at radius 1 is 0.966 bits per heavy atom. The van der Waals surface area contributed by atoms with Crippen LogP contribution in [0.1, 0.15) is 54.8 Å². The molecule has 1 atom stereocenters. The Bertz CT molecular complexity index is 673. The minimum atomic E-state index is -4.91. The number of rotatable bonds is 4. The number of hydrogen-bond donors (Lipinski definition) is 1. The van der Waals surface area contributed by atoms with Crippen LogP contribution in [0.4, 0.5) is 26.3 Å². The van der Waals surface area contributed by atoms with E-state index in [1.807, 2.05) is 4.90 Å². The highest BCUT2D eigenvalue weighted by atomic mass is 19.4. The molecule has 1 aromatic carbocycles. The monoisotopic (exact) mass is 424 g/mol. The Labute approximate surface area is 166 Å². The van der Waals surface area contributed by atoms with Crippen LogP contribution in [0.15, 0.2) is 12.1 Å². The van der Waals surface area contributed by atoms with Gasteiger partial charge in [-0.2, -0.15) is 26.3 Å². The average Bonchev–Trinajstić information content (AvgIpc) is 2.68. The quantitative estimate of drug-likeness (QED) is 0.668. The van der Waals surface area contributed by atoms with Crippen LogP contribution in [-0.2, 0) is 12.4 Å². The summed E-state index contributed by atoms with van der Waals surface area (Å²) in [5.74, 6) is -0.380. The fourth-order valence-electron chi connectivity index (χ4n) is 4.63. The molecule has 164 valence electrons. The van der Waals surface area contributed by atoms with E-state index >= 15 is 0 Å². The molecule has 1 aliphatic heterocycles. The first kappa shape index (κ1) is 22.2. The zero-order valence-corrected chi connectivity index (χ0v) is 16.3. The lowest BCUT2D eigenvalue weighted by molar-refractivity contribution is -0.144. The molecule has 1 aliphatic carbocycles. The Morgan fingerprint density at radius 3 is 2.10 bits per heavy atom. The van der Waals surface area contributed by atoms with E-state index in [2.05, 4.69) is 5.32 Å². The van der Waals surface area contributed by atoms with Crippen LogP contribution in [0.25, 0.3) is 0 Å². The summed E-state index contributed by atoms with van der Waals surface area (Å²) >= 11 is 0. The highest BCUT2D eigenvalue weighted by Gasteiger charge is 2.44. The fourth-order valence-corrected chi connectivity index (χ4v) is 4.63. The molecule has 2 aliphatic rings. The van der Waals surface area contributed by atoms with Crippen molar-refractivity contribution in [3.05, 3.63) is 28.8 Å². The molecular formula is C20H26F6N2O. The third-order valence-electron chi connectivity index (χ3n) is 5.93. The van der Waals surface area contributed by atoms with E-state index in [4.69, 9.17) is 4.74 Å². The van der Waals surface area contributed by atoms with Gasteiger partial charge >= 0.3 is 12.4 Å². The standard InChI is InChI=1S/C20H26F6N2O/c1-29-16-12-14(19(21,22)23)11-15(20(24,25)26)17(16)18(13-5-3-2-4-6-13)28-9-7-27-8-10-28/h11-13,18,27H,2-10H2,1H3/t18-/m1/s1. The molecule has 2 fully saturated rings. The smallest absolute Gasteiger partial charge is 0.416 e. The normalized spacial score (nSPS) is 21.2. The zero-order chi connectivity index (χ0) is 21.2. The number of alkyl halides is 6.